The summed E-state index contributed by atoms with van der Waals surface area (Å²) in [6.45, 7) is 0.952. The number of carbonyl (C=O) groups is 1. The summed E-state index contributed by atoms with van der Waals surface area (Å²) in [6, 6.07) is 12.1. The molecule has 3 rings (SSSR count). The van der Waals surface area contributed by atoms with Gasteiger partial charge in [0.1, 0.15) is 18.2 Å². The molecule has 7 nitrogen and oxygen atoms in total. The molecule has 1 aromatic carbocycles. The molecule has 0 aliphatic heterocycles. The number of nitriles is 1. The fraction of sp³-hybridized carbons (Fsp3) is 0.263. The first-order valence-electron chi connectivity index (χ1n) is 8.36. The molecule has 0 amide bonds. The molecule has 0 saturated heterocycles. The van der Waals surface area contributed by atoms with Gasteiger partial charge in [0.25, 0.3) is 0 Å². The van der Waals surface area contributed by atoms with Gasteiger partial charge in [-0.3, -0.25) is 4.79 Å². The second-order valence-corrected chi connectivity index (χ2v) is 6.77. The van der Waals surface area contributed by atoms with Gasteiger partial charge in [0.05, 0.1) is 17.3 Å². The predicted molar refractivity (Wildman–Crippen MR) is 103 cm³/mol. The molecule has 2 unspecified atom stereocenters. The van der Waals surface area contributed by atoms with E-state index >= 15 is 0 Å². The fourth-order valence-electron chi connectivity index (χ4n) is 2.44. The first-order valence-corrected chi connectivity index (χ1v) is 9.65. The standard InChI is InChI=1S/C19H17FN4O3S/c1-11(17(25)16(10-21)28-2)26-13-4-6-14(7-5-13)27-19-23-15-8-3-12(9-20)22-18(15)24-19/h3-8,11,16H,9H2,1-2H3,(H,22,23,24). The van der Waals surface area contributed by atoms with Gasteiger partial charge in [-0.25, -0.2) is 9.37 Å². The molecule has 0 fully saturated rings. The van der Waals surface area contributed by atoms with Crippen LogP contribution in [0.2, 0.25) is 0 Å². The van der Waals surface area contributed by atoms with Gasteiger partial charge >= 0.3 is 6.01 Å². The van der Waals surface area contributed by atoms with Crippen molar-refractivity contribution in [3.05, 3.63) is 42.1 Å². The van der Waals surface area contributed by atoms with E-state index in [1.54, 1.807) is 49.6 Å². The molecule has 9 heteroatoms. The summed E-state index contributed by atoms with van der Waals surface area (Å²) in [5.41, 5.74) is 1.31. The quantitative estimate of drug-likeness (QED) is 0.613. The third-order valence-corrected chi connectivity index (χ3v) is 4.69. The number of benzene rings is 1. The van der Waals surface area contributed by atoms with Crippen molar-refractivity contribution in [1.29, 1.82) is 5.26 Å². The molecule has 0 spiro atoms. The molecular weight excluding hydrogens is 383 g/mol. The van der Waals surface area contributed by atoms with E-state index in [0.29, 0.717) is 28.4 Å². The number of rotatable bonds is 8. The van der Waals surface area contributed by atoms with Crippen LogP contribution in [-0.4, -0.2) is 38.3 Å². The van der Waals surface area contributed by atoms with Crippen LogP contribution in [0, 0.1) is 11.3 Å². The Balaban J connectivity index is 1.66. The van der Waals surface area contributed by atoms with Gasteiger partial charge in [-0.15, -0.1) is 11.8 Å². The third-order valence-electron chi connectivity index (χ3n) is 3.88. The Morgan fingerprint density at radius 2 is 1.96 bits per heavy atom. The van der Waals surface area contributed by atoms with Gasteiger partial charge in [-0.1, -0.05) is 0 Å². The number of thioether (sulfide) groups is 1. The van der Waals surface area contributed by atoms with Crippen molar-refractivity contribution in [3.8, 4) is 23.6 Å². The van der Waals surface area contributed by atoms with E-state index < -0.39 is 18.0 Å². The summed E-state index contributed by atoms with van der Waals surface area (Å²) >= 11 is 1.18. The number of hydrogen-bond acceptors (Lipinski definition) is 7. The molecule has 2 aromatic heterocycles. The molecule has 0 aliphatic carbocycles. The normalized spacial score (nSPS) is 12.9. The number of fused-ring (bicyclic) bond motifs is 1. The predicted octanol–water partition coefficient (Wildman–Crippen LogP) is 3.81. The lowest BCUT2D eigenvalue weighted by Crippen LogP contribution is -2.31. The van der Waals surface area contributed by atoms with Crippen LogP contribution in [0.1, 0.15) is 12.6 Å². The smallest absolute Gasteiger partial charge is 0.301 e. The molecule has 2 atom stereocenters. The van der Waals surface area contributed by atoms with Crippen molar-refractivity contribution >= 4 is 28.7 Å². The molecule has 144 valence electrons. The average Bonchev–Trinajstić information content (AvgIpc) is 3.11. The number of pyridine rings is 1. The monoisotopic (exact) mass is 400 g/mol. The lowest BCUT2D eigenvalue weighted by molar-refractivity contribution is -0.123. The zero-order valence-electron chi connectivity index (χ0n) is 15.2. The summed E-state index contributed by atoms with van der Waals surface area (Å²) in [4.78, 5) is 23.3. The Kier molecular flexibility index (Phi) is 6.11. The van der Waals surface area contributed by atoms with Gasteiger partial charge in [-0.2, -0.15) is 10.2 Å². The first-order chi connectivity index (χ1) is 13.5. The fourth-order valence-corrected chi connectivity index (χ4v) is 2.97. The topological polar surface area (TPSA) is 101 Å². The Bertz CT molecular complexity index is 1020. The maximum atomic E-state index is 12.7. The number of halogens is 1. The summed E-state index contributed by atoms with van der Waals surface area (Å²) in [7, 11) is 0. The molecule has 0 bridgehead atoms. The van der Waals surface area contributed by atoms with Gasteiger partial charge in [0.15, 0.2) is 22.8 Å². The summed E-state index contributed by atoms with van der Waals surface area (Å²) in [5.74, 6) is 0.692. The maximum absolute atomic E-state index is 12.7. The minimum atomic E-state index is -0.753. The van der Waals surface area contributed by atoms with E-state index in [1.165, 1.54) is 11.8 Å². The first kappa shape index (κ1) is 19.6. The van der Waals surface area contributed by atoms with Gasteiger partial charge in [0.2, 0.25) is 0 Å². The van der Waals surface area contributed by atoms with Crippen molar-refractivity contribution in [3.63, 3.8) is 0 Å². The number of Topliss-reactive ketones (excluding diaryl/α,β-unsaturated/α-hetero) is 1. The molecule has 3 aromatic rings. The lowest BCUT2D eigenvalue weighted by atomic mass is 10.2. The number of aromatic amines is 1. The number of carbonyl (C=O) groups excluding carboxylic acids is 1. The molecular formula is C19H17FN4O3S. The van der Waals surface area contributed by atoms with E-state index in [2.05, 4.69) is 15.0 Å². The van der Waals surface area contributed by atoms with Crippen LogP contribution in [0.25, 0.3) is 11.2 Å². The average molecular weight is 400 g/mol. The van der Waals surface area contributed by atoms with Crippen LogP contribution >= 0.6 is 11.8 Å². The van der Waals surface area contributed by atoms with Gasteiger partial charge < -0.3 is 14.5 Å². The lowest BCUT2D eigenvalue weighted by Gasteiger charge is -2.15. The maximum Gasteiger partial charge on any atom is 0.301 e. The molecule has 2 heterocycles. The van der Waals surface area contributed by atoms with Gasteiger partial charge in [0, 0.05) is 0 Å². The second-order valence-electron chi connectivity index (χ2n) is 5.83. The highest BCUT2D eigenvalue weighted by atomic mass is 32.2. The Hall–Kier alpha value is -3.12. The SMILES string of the molecule is CSC(C#N)C(=O)C(C)Oc1ccc(Oc2nc3nc(CF)ccc3[nH]2)cc1. The number of ketones is 1. The summed E-state index contributed by atoms with van der Waals surface area (Å²) in [6.07, 6.45) is 0.964. The van der Waals surface area contributed by atoms with Gasteiger partial charge in [-0.05, 0) is 49.6 Å². The van der Waals surface area contributed by atoms with Crippen LogP contribution < -0.4 is 9.47 Å². The minimum Gasteiger partial charge on any atom is -0.483 e. The summed E-state index contributed by atoms with van der Waals surface area (Å²) in [5, 5.41) is 8.22. The largest absolute Gasteiger partial charge is 0.483 e. The van der Waals surface area contributed by atoms with Crippen molar-refractivity contribution in [2.24, 2.45) is 0 Å². The highest BCUT2D eigenvalue weighted by Gasteiger charge is 2.24. The highest BCUT2D eigenvalue weighted by molar-refractivity contribution is 8.00. The van der Waals surface area contributed by atoms with E-state index in [-0.39, 0.29) is 11.8 Å². The second kappa shape index (κ2) is 8.71. The highest BCUT2D eigenvalue weighted by Crippen LogP contribution is 2.24. The zero-order chi connectivity index (χ0) is 20.1. The Morgan fingerprint density at radius 3 is 2.61 bits per heavy atom. The Morgan fingerprint density at radius 1 is 1.25 bits per heavy atom. The minimum absolute atomic E-state index is 0.229. The van der Waals surface area contributed by atoms with E-state index in [0.717, 1.165) is 0 Å². The number of H-pyrrole nitrogens is 1. The van der Waals surface area contributed by atoms with E-state index in [9.17, 15) is 9.18 Å². The molecule has 28 heavy (non-hydrogen) atoms. The van der Waals surface area contributed by atoms with Crippen molar-refractivity contribution in [1.82, 2.24) is 15.0 Å². The van der Waals surface area contributed by atoms with Crippen LogP contribution in [0.5, 0.6) is 17.5 Å². The van der Waals surface area contributed by atoms with Crippen LogP contribution in [0.15, 0.2) is 36.4 Å². The van der Waals surface area contributed by atoms with E-state index in [4.69, 9.17) is 14.7 Å². The van der Waals surface area contributed by atoms with Crippen molar-refractivity contribution < 1.29 is 18.7 Å². The molecule has 1 N–H and O–H groups in total. The number of imidazole rings is 1. The third kappa shape index (κ3) is 4.40. The Labute approximate surface area is 164 Å². The summed E-state index contributed by atoms with van der Waals surface area (Å²) < 4.78 is 23.9. The van der Waals surface area contributed by atoms with Crippen molar-refractivity contribution in [2.45, 2.75) is 25.0 Å². The van der Waals surface area contributed by atoms with Crippen LogP contribution in [0.4, 0.5) is 4.39 Å². The number of hydrogen-bond donors (Lipinski definition) is 1. The number of nitrogens with zero attached hydrogens (tertiary/aromatic N) is 3. The molecule has 0 saturated carbocycles. The van der Waals surface area contributed by atoms with Crippen LogP contribution in [-0.2, 0) is 11.5 Å². The number of nitrogens with one attached hydrogen (secondary N) is 1. The molecule has 0 aliphatic rings. The van der Waals surface area contributed by atoms with E-state index in [1.807, 2.05) is 6.07 Å². The number of alkyl halides is 1. The van der Waals surface area contributed by atoms with Crippen LogP contribution in [0.3, 0.4) is 0 Å². The molecule has 0 radical (unpaired) electrons. The number of ether oxygens (including phenoxy) is 2. The van der Waals surface area contributed by atoms with Crippen molar-refractivity contribution in [2.75, 3.05) is 6.26 Å². The number of aromatic nitrogens is 3. The zero-order valence-corrected chi connectivity index (χ0v) is 16.0.